The highest BCUT2D eigenvalue weighted by Crippen LogP contribution is 2.15. The first-order valence-electron chi connectivity index (χ1n) is 9.09. The number of aliphatic carboxylic acids is 1. The van der Waals surface area contributed by atoms with Crippen LogP contribution in [0.4, 0.5) is 0 Å². The van der Waals surface area contributed by atoms with Gasteiger partial charge in [0, 0.05) is 13.6 Å². The van der Waals surface area contributed by atoms with Gasteiger partial charge in [-0.1, -0.05) is 50.2 Å². The van der Waals surface area contributed by atoms with Crippen LogP contribution >= 0.6 is 0 Å². The van der Waals surface area contributed by atoms with Crippen LogP contribution < -0.4 is 4.74 Å². The Kier molecular flexibility index (Phi) is 7.41. The number of carboxylic acids is 1. The minimum atomic E-state index is -1.01. The third-order valence-electron chi connectivity index (χ3n) is 4.15. The Labute approximate surface area is 160 Å². The van der Waals surface area contributed by atoms with Gasteiger partial charge in [-0.2, -0.15) is 0 Å². The molecule has 5 nitrogen and oxygen atoms in total. The molecule has 0 aliphatic carbocycles. The van der Waals surface area contributed by atoms with Crippen LogP contribution in [0.1, 0.15) is 30.5 Å². The maximum Gasteiger partial charge on any atom is 0.341 e. The molecule has 0 radical (unpaired) electrons. The number of nitrogens with zero attached hydrogens (tertiary/aromatic N) is 1. The molecule has 2 aromatic carbocycles. The lowest BCUT2D eigenvalue weighted by atomic mass is 10.0. The van der Waals surface area contributed by atoms with Crippen molar-refractivity contribution in [2.75, 3.05) is 13.7 Å². The highest BCUT2D eigenvalue weighted by Gasteiger charge is 2.11. The molecule has 27 heavy (non-hydrogen) atoms. The minimum absolute atomic E-state index is 0.0535. The van der Waals surface area contributed by atoms with Crippen LogP contribution in [0.15, 0.2) is 48.5 Å². The predicted molar refractivity (Wildman–Crippen MR) is 105 cm³/mol. The zero-order chi connectivity index (χ0) is 19.8. The lowest BCUT2D eigenvalue weighted by molar-refractivity contribution is -0.139. The van der Waals surface area contributed by atoms with E-state index in [-0.39, 0.29) is 12.5 Å². The number of carbonyl (C=O) groups is 2. The zero-order valence-corrected chi connectivity index (χ0v) is 16.1. The monoisotopic (exact) mass is 369 g/mol. The van der Waals surface area contributed by atoms with Gasteiger partial charge >= 0.3 is 5.97 Å². The average Bonchev–Trinajstić information content (AvgIpc) is 2.62. The summed E-state index contributed by atoms with van der Waals surface area (Å²) >= 11 is 0. The molecule has 0 heterocycles. The fourth-order valence-corrected chi connectivity index (χ4v) is 2.77. The molecule has 1 N–H and O–H groups in total. The van der Waals surface area contributed by atoms with Crippen molar-refractivity contribution >= 4 is 11.9 Å². The molecule has 0 atom stereocenters. The summed E-state index contributed by atoms with van der Waals surface area (Å²) in [5, 5.41) is 8.61. The number of hydrogen-bond acceptors (Lipinski definition) is 3. The number of amides is 1. The lowest BCUT2D eigenvalue weighted by Gasteiger charge is -2.18. The number of rotatable bonds is 9. The summed E-state index contributed by atoms with van der Waals surface area (Å²) in [7, 11) is 1.78. The van der Waals surface area contributed by atoms with E-state index in [4.69, 9.17) is 9.84 Å². The van der Waals surface area contributed by atoms with Crippen LogP contribution in [0, 0.1) is 5.92 Å². The van der Waals surface area contributed by atoms with E-state index in [9.17, 15) is 9.59 Å². The molecule has 0 unspecified atom stereocenters. The van der Waals surface area contributed by atoms with Crippen LogP contribution in [-0.4, -0.2) is 35.5 Å². The molecule has 1 amide bonds. The van der Waals surface area contributed by atoms with E-state index in [1.54, 1.807) is 24.1 Å². The summed E-state index contributed by atoms with van der Waals surface area (Å²) in [4.78, 5) is 24.7. The van der Waals surface area contributed by atoms with E-state index in [0.29, 0.717) is 24.6 Å². The van der Waals surface area contributed by atoms with Gasteiger partial charge < -0.3 is 14.7 Å². The second-order valence-corrected chi connectivity index (χ2v) is 7.17. The van der Waals surface area contributed by atoms with Gasteiger partial charge in [0.25, 0.3) is 0 Å². The normalized spacial score (nSPS) is 10.7. The highest BCUT2D eigenvalue weighted by atomic mass is 16.5. The summed E-state index contributed by atoms with van der Waals surface area (Å²) in [5.41, 5.74) is 3.26. The van der Waals surface area contributed by atoms with E-state index < -0.39 is 5.97 Å². The van der Waals surface area contributed by atoms with Crippen molar-refractivity contribution in [1.82, 2.24) is 4.90 Å². The number of hydrogen-bond donors (Lipinski definition) is 1. The largest absolute Gasteiger partial charge is 0.482 e. The van der Waals surface area contributed by atoms with Crippen molar-refractivity contribution in [3.05, 3.63) is 65.2 Å². The van der Waals surface area contributed by atoms with Crippen molar-refractivity contribution in [1.29, 1.82) is 0 Å². The predicted octanol–water partition coefficient (Wildman–Crippen LogP) is 3.55. The van der Waals surface area contributed by atoms with Gasteiger partial charge in [-0.3, -0.25) is 4.79 Å². The van der Waals surface area contributed by atoms with Crippen molar-refractivity contribution in [2.24, 2.45) is 5.92 Å². The van der Waals surface area contributed by atoms with Crippen LogP contribution in [0.3, 0.4) is 0 Å². The third kappa shape index (κ3) is 7.13. The molecule has 0 fully saturated rings. The summed E-state index contributed by atoms with van der Waals surface area (Å²) in [6.07, 6.45) is 1.42. The molecule has 0 aliphatic heterocycles. The molecule has 0 aromatic heterocycles. The third-order valence-corrected chi connectivity index (χ3v) is 4.15. The first-order chi connectivity index (χ1) is 12.8. The molecule has 5 heteroatoms. The topological polar surface area (TPSA) is 66.8 Å². The first-order valence-corrected chi connectivity index (χ1v) is 9.09. The molecule has 2 rings (SSSR count). The fraction of sp³-hybridized carbons (Fsp3) is 0.364. The fourth-order valence-electron chi connectivity index (χ4n) is 2.77. The second kappa shape index (κ2) is 9.76. The van der Waals surface area contributed by atoms with Gasteiger partial charge in [0.1, 0.15) is 5.75 Å². The van der Waals surface area contributed by atoms with Crippen molar-refractivity contribution in [2.45, 2.75) is 33.2 Å². The van der Waals surface area contributed by atoms with Gasteiger partial charge in [0.05, 0.1) is 6.42 Å². The molecular weight excluding hydrogens is 342 g/mol. The zero-order valence-electron chi connectivity index (χ0n) is 16.1. The maximum atomic E-state index is 12.5. The minimum Gasteiger partial charge on any atom is -0.482 e. The Balaban J connectivity index is 1.86. The summed E-state index contributed by atoms with van der Waals surface area (Å²) in [6.45, 7) is 4.51. The quantitative estimate of drug-likeness (QED) is 0.734. The van der Waals surface area contributed by atoms with Gasteiger partial charge in [-0.05, 0) is 41.2 Å². The molecule has 2 aromatic rings. The Bertz CT molecular complexity index is 751. The first kappa shape index (κ1) is 20.5. The van der Waals surface area contributed by atoms with Gasteiger partial charge in [0.15, 0.2) is 6.61 Å². The average molecular weight is 369 g/mol. The summed E-state index contributed by atoms with van der Waals surface area (Å²) in [6, 6.07) is 15.3. The molecule has 0 saturated heterocycles. The molecule has 0 saturated carbocycles. The number of likely N-dealkylation sites (N-methyl/N-ethyl adjacent to an activating group) is 1. The second-order valence-electron chi connectivity index (χ2n) is 7.17. The Morgan fingerprint density at radius 1 is 0.963 bits per heavy atom. The molecule has 144 valence electrons. The Morgan fingerprint density at radius 3 is 2.07 bits per heavy atom. The SMILES string of the molecule is CC(C)Cc1ccc(CC(=O)N(C)Cc2ccc(OCC(=O)O)cc2)cc1. The molecule has 0 aliphatic rings. The van der Waals surface area contributed by atoms with E-state index in [0.717, 1.165) is 17.5 Å². The number of benzene rings is 2. The molecule has 0 bridgehead atoms. The smallest absolute Gasteiger partial charge is 0.341 e. The van der Waals surface area contributed by atoms with Crippen molar-refractivity contribution < 1.29 is 19.4 Å². The number of ether oxygens (including phenoxy) is 1. The van der Waals surface area contributed by atoms with E-state index >= 15 is 0 Å². The van der Waals surface area contributed by atoms with Gasteiger partial charge in [-0.15, -0.1) is 0 Å². The number of carbonyl (C=O) groups excluding carboxylic acids is 1. The van der Waals surface area contributed by atoms with Crippen molar-refractivity contribution in [3.8, 4) is 5.75 Å². The van der Waals surface area contributed by atoms with Gasteiger partial charge in [0.2, 0.25) is 5.91 Å². The Hall–Kier alpha value is -2.82. The van der Waals surface area contributed by atoms with E-state index in [1.165, 1.54) is 5.56 Å². The van der Waals surface area contributed by atoms with Crippen LogP contribution in [0.2, 0.25) is 0 Å². The van der Waals surface area contributed by atoms with E-state index in [1.807, 2.05) is 24.3 Å². The Morgan fingerprint density at radius 2 is 1.52 bits per heavy atom. The number of carboxylic acid groups (broad SMARTS) is 1. The molecular formula is C22H27NO4. The van der Waals surface area contributed by atoms with Crippen LogP contribution in [0.25, 0.3) is 0 Å². The standard InChI is InChI=1S/C22H27NO4/c1-16(2)12-17-4-6-18(7-5-17)13-21(24)23(3)14-19-8-10-20(11-9-19)27-15-22(25)26/h4-11,16H,12-15H2,1-3H3,(H,25,26). The highest BCUT2D eigenvalue weighted by molar-refractivity contribution is 5.78. The van der Waals surface area contributed by atoms with Crippen molar-refractivity contribution in [3.63, 3.8) is 0 Å². The summed E-state index contributed by atoms with van der Waals surface area (Å²) < 4.78 is 5.11. The van der Waals surface area contributed by atoms with Crippen LogP contribution in [0.5, 0.6) is 5.75 Å². The van der Waals surface area contributed by atoms with Crippen LogP contribution in [-0.2, 0) is 29.0 Å². The van der Waals surface area contributed by atoms with Gasteiger partial charge in [-0.25, -0.2) is 4.79 Å². The van der Waals surface area contributed by atoms with E-state index in [2.05, 4.69) is 26.0 Å². The summed E-state index contributed by atoms with van der Waals surface area (Å²) in [5.74, 6) is 0.153. The molecule has 0 spiro atoms. The lowest BCUT2D eigenvalue weighted by Crippen LogP contribution is -2.27. The maximum absolute atomic E-state index is 12.5.